The van der Waals surface area contributed by atoms with Crippen LogP contribution in [0.15, 0.2) is 24.3 Å². The minimum absolute atomic E-state index is 0.615. The maximum Gasteiger partial charge on any atom is 0.165 e. The predicted molar refractivity (Wildman–Crippen MR) is 83.1 cm³/mol. The van der Waals surface area contributed by atoms with Gasteiger partial charge in [0.2, 0.25) is 0 Å². The van der Waals surface area contributed by atoms with Gasteiger partial charge in [0.25, 0.3) is 0 Å². The number of anilines is 1. The summed E-state index contributed by atoms with van der Waals surface area (Å²) in [5.41, 5.74) is 5.89. The molecule has 0 amide bonds. The molecule has 0 bridgehead atoms. The Hall–Kier alpha value is -2.14. The lowest BCUT2D eigenvalue weighted by atomic mass is 9.96. The van der Waals surface area contributed by atoms with Gasteiger partial charge in [-0.1, -0.05) is 12.1 Å². The first-order valence-electron chi connectivity index (χ1n) is 7.42. The first-order chi connectivity index (χ1) is 10.3. The van der Waals surface area contributed by atoms with Crippen LogP contribution in [0.1, 0.15) is 31.0 Å². The largest absolute Gasteiger partial charge is 0.493 e. The van der Waals surface area contributed by atoms with Crippen molar-refractivity contribution in [3.63, 3.8) is 0 Å². The molecule has 1 aromatic carbocycles. The number of hydrogen-bond donors (Lipinski definition) is 2. The molecule has 5 heteroatoms. The van der Waals surface area contributed by atoms with E-state index in [4.69, 9.17) is 15.6 Å². The molecule has 0 saturated carbocycles. The number of nitrogens with two attached hydrogens (primary N) is 1. The third-order valence-electron chi connectivity index (χ3n) is 3.75. The lowest BCUT2D eigenvalue weighted by Gasteiger charge is -2.19. The van der Waals surface area contributed by atoms with E-state index in [1.165, 1.54) is 12.8 Å². The monoisotopic (exact) mass is 284 g/mol. The van der Waals surface area contributed by atoms with E-state index < -0.39 is 0 Å². The van der Waals surface area contributed by atoms with Crippen molar-refractivity contribution in [2.24, 2.45) is 5.84 Å². The lowest BCUT2D eigenvalue weighted by molar-refractivity contribution is 0.341. The van der Waals surface area contributed by atoms with Crippen molar-refractivity contribution >= 4 is 5.82 Å². The summed E-state index contributed by atoms with van der Waals surface area (Å²) in [5, 5.41) is 0. The number of hydrazine groups is 1. The fraction of sp³-hybridized carbons (Fsp3) is 0.375. The van der Waals surface area contributed by atoms with E-state index in [1.54, 1.807) is 0 Å². The van der Waals surface area contributed by atoms with E-state index in [9.17, 15) is 0 Å². The van der Waals surface area contributed by atoms with Gasteiger partial charge in [0, 0.05) is 11.3 Å². The molecular formula is C16H20N4O. The number of ether oxygens (including phenoxy) is 1. The molecule has 110 valence electrons. The Balaban J connectivity index is 2.10. The normalized spacial score (nSPS) is 13.6. The molecule has 0 unspecified atom stereocenters. The zero-order valence-corrected chi connectivity index (χ0v) is 12.2. The van der Waals surface area contributed by atoms with E-state index >= 15 is 0 Å². The summed E-state index contributed by atoms with van der Waals surface area (Å²) >= 11 is 0. The van der Waals surface area contributed by atoms with Crippen LogP contribution in [-0.4, -0.2) is 16.6 Å². The number of aryl methyl sites for hydroxylation is 1. The summed E-state index contributed by atoms with van der Waals surface area (Å²) < 4.78 is 5.68. The molecule has 1 aromatic heterocycles. The lowest BCUT2D eigenvalue weighted by Crippen LogP contribution is -2.17. The van der Waals surface area contributed by atoms with E-state index in [0.717, 1.165) is 41.2 Å². The maximum atomic E-state index is 5.68. The fourth-order valence-electron chi connectivity index (χ4n) is 2.77. The highest BCUT2D eigenvalue weighted by atomic mass is 16.5. The summed E-state index contributed by atoms with van der Waals surface area (Å²) in [6, 6.07) is 7.85. The molecule has 0 saturated heterocycles. The Morgan fingerprint density at radius 1 is 1.19 bits per heavy atom. The summed E-state index contributed by atoms with van der Waals surface area (Å²) in [7, 11) is 0. The number of nitrogens with one attached hydrogen (secondary N) is 1. The number of benzene rings is 1. The zero-order valence-electron chi connectivity index (χ0n) is 12.2. The molecular weight excluding hydrogens is 264 g/mol. The molecule has 21 heavy (non-hydrogen) atoms. The Morgan fingerprint density at radius 3 is 2.81 bits per heavy atom. The Bertz CT molecular complexity index is 625. The molecule has 3 N–H and O–H groups in total. The van der Waals surface area contributed by atoms with Crippen LogP contribution < -0.4 is 16.0 Å². The number of rotatable bonds is 4. The molecule has 3 rings (SSSR count). The van der Waals surface area contributed by atoms with Crippen LogP contribution in [0.3, 0.4) is 0 Å². The van der Waals surface area contributed by atoms with Crippen LogP contribution in [0, 0.1) is 0 Å². The fourth-order valence-corrected chi connectivity index (χ4v) is 2.77. The van der Waals surface area contributed by atoms with Crippen molar-refractivity contribution in [2.45, 2.75) is 32.6 Å². The number of fused-ring (bicyclic) bond motifs is 1. The quantitative estimate of drug-likeness (QED) is 0.667. The molecule has 1 aliphatic carbocycles. The van der Waals surface area contributed by atoms with Crippen LogP contribution in [0.5, 0.6) is 5.75 Å². The van der Waals surface area contributed by atoms with Gasteiger partial charge in [-0.15, -0.1) is 0 Å². The Morgan fingerprint density at radius 2 is 2.00 bits per heavy atom. The van der Waals surface area contributed by atoms with E-state index in [0.29, 0.717) is 12.4 Å². The average molecular weight is 284 g/mol. The third kappa shape index (κ3) is 2.69. The van der Waals surface area contributed by atoms with Crippen molar-refractivity contribution in [3.8, 4) is 17.1 Å². The van der Waals surface area contributed by atoms with Crippen molar-refractivity contribution in [3.05, 3.63) is 35.5 Å². The Labute approximate surface area is 124 Å². The summed E-state index contributed by atoms with van der Waals surface area (Å²) in [4.78, 5) is 9.34. The predicted octanol–water partition coefficient (Wildman–Crippen LogP) is 2.71. The van der Waals surface area contributed by atoms with Crippen LogP contribution in [0.25, 0.3) is 11.4 Å². The van der Waals surface area contributed by atoms with Gasteiger partial charge in [-0.3, -0.25) is 0 Å². The third-order valence-corrected chi connectivity index (χ3v) is 3.75. The molecule has 0 radical (unpaired) electrons. The number of nitrogens with zero attached hydrogens (tertiary/aromatic N) is 2. The van der Waals surface area contributed by atoms with Gasteiger partial charge in [0.05, 0.1) is 12.2 Å². The summed E-state index contributed by atoms with van der Waals surface area (Å²) in [6.07, 6.45) is 4.30. The van der Waals surface area contributed by atoms with Gasteiger partial charge in [-0.05, 0) is 44.7 Å². The second-order valence-corrected chi connectivity index (χ2v) is 5.10. The summed E-state index contributed by atoms with van der Waals surface area (Å²) in [5.74, 6) is 7.86. The molecule has 0 atom stereocenters. The standard InChI is InChI=1S/C16H20N4O/c1-2-21-14-10-6-4-8-12(14)15-18-13-9-5-3-7-11(13)16(19-15)20-17/h4,6,8,10H,2-3,5,7,9,17H2,1H3,(H,18,19,20). The minimum Gasteiger partial charge on any atom is -0.493 e. The van der Waals surface area contributed by atoms with E-state index in [1.807, 2.05) is 31.2 Å². The highest BCUT2D eigenvalue weighted by molar-refractivity contribution is 5.66. The highest BCUT2D eigenvalue weighted by Crippen LogP contribution is 2.32. The number of para-hydroxylation sites is 1. The topological polar surface area (TPSA) is 73.1 Å². The van der Waals surface area contributed by atoms with Crippen molar-refractivity contribution in [2.75, 3.05) is 12.0 Å². The molecule has 0 spiro atoms. The first-order valence-corrected chi connectivity index (χ1v) is 7.42. The Kier molecular flexibility index (Phi) is 4.01. The van der Waals surface area contributed by atoms with E-state index in [-0.39, 0.29) is 0 Å². The molecule has 1 heterocycles. The van der Waals surface area contributed by atoms with Crippen molar-refractivity contribution in [1.29, 1.82) is 0 Å². The van der Waals surface area contributed by atoms with Crippen molar-refractivity contribution in [1.82, 2.24) is 9.97 Å². The van der Waals surface area contributed by atoms with Gasteiger partial charge < -0.3 is 10.2 Å². The van der Waals surface area contributed by atoms with Crippen LogP contribution >= 0.6 is 0 Å². The molecule has 0 aliphatic heterocycles. The van der Waals surface area contributed by atoms with Crippen molar-refractivity contribution < 1.29 is 4.74 Å². The SMILES string of the molecule is CCOc1ccccc1-c1nc2c(c(NN)n1)CCCC2. The average Bonchev–Trinajstić information content (AvgIpc) is 2.54. The smallest absolute Gasteiger partial charge is 0.165 e. The van der Waals surface area contributed by atoms with Gasteiger partial charge >= 0.3 is 0 Å². The van der Waals surface area contributed by atoms with Crippen LogP contribution in [0.2, 0.25) is 0 Å². The second kappa shape index (κ2) is 6.10. The van der Waals surface area contributed by atoms with Gasteiger partial charge in [0.15, 0.2) is 5.82 Å². The molecule has 5 nitrogen and oxygen atoms in total. The molecule has 0 fully saturated rings. The van der Waals surface area contributed by atoms with Crippen LogP contribution in [0.4, 0.5) is 5.82 Å². The molecule has 1 aliphatic rings. The van der Waals surface area contributed by atoms with E-state index in [2.05, 4.69) is 10.4 Å². The second-order valence-electron chi connectivity index (χ2n) is 5.10. The first kappa shape index (κ1) is 13.8. The minimum atomic E-state index is 0.615. The molecule has 2 aromatic rings. The zero-order chi connectivity index (χ0) is 14.7. The highest BCUT2D eigenvalue weighted by Gasteiger charge is 2.19. The number of aromatic nitrogens is 2. The number of nitrogen functional groups attached to an aromatic ring is 1. The van der Waals surface area contributed by atoms with Gasteiger partial charge in [0.1, 0.15) is 11.6 Å². The summed E-state index contributed by atoms with van der Waals surface area (Å²) in [6.45, 7) is 2.58. The van der Waals surface area contributed by atoms with Crippen LogP contribution in [-0.2, 0) is 12.8 Å². The number of hydrogen-bond acceptors (Lipinski definition) is 5. The maximum absolute atomic E-state index is 5.68. The van der Waals surface area contributed by atoms with Gasteiger partial charge in [-0.25, -0.2) is 15.8 Å². The van der Waals surface area contributed by atoms with Gasteiger partial charge in [-0.2, -0.15) is 0 Å².